The highest BCUT2D eigenvalue weighted by molar-refractivity contribution is 7.90. The molecule has 0 amide bonds. The lowest BCUT2D eigenvalue weighted by atomic mass is 9.92. The summed E-state index contributed by atoms with van der Waals surface area (Å²) in [7, 11) is -0.967. The predicted molar refractivity (Wildman–Crippen MR) is 88.3 cm³/mol. The van der Waals surface area contributed by atoms with Crippen molar-refractivity contribution < 1.29 is 4.21 Å². The quantitative estimate of drug-likeness (QED) is 0.671. The third kappa shape index (κ3) is 3.09. The molecule has 0 spiro atoms. The van der Waals surface area contributed by atoms with Crippen molar-refractivity contribution in [2.24, 2.45) is 0 Å². The Morgan fingerprint density at radius 1 is 1.55 bits per heavy atom. The molecule has 110 valence electrons. The van der Waals surface area contributed by atoms with Crippen molar-refractivity contribution in [1.29, 1.82) is 0 Å². The maximum absolute atomic E-state index is 12.7. The molecule has 5 heteroatoms. The van der Waals surface area contributed by atoms with Crippen LogP contribution in [0.5, 0.6) is 0 Å². The van der Waals surface area contributed by atoms with Crippen LogP contribution in [0.2, 0.25) is 0 Å². The van der Waals surface area contributed by atoms with Crippen molar-refractivity contribution in [3.05, 3.63) is 30.1 Å². The molecule has 1 aliphatic heterocycles. The van der Waals surface area contributed by atoms with Crippen LogP contribution in [-0.2, 0) is 15.5 Å². The Morgan fingerprint density at radius 3 is 3.05 bits per heavy atom. The van der Waals surface area contributed by atoms with Gasteiger partial charge >= 0.3 is 0 Å². The lowest BCUT2D eigenvalue weighted by Crippen LogP contribution is -2.49. The van der Waals surface area contributed by atoms with E-state index in [9.17, 15) is 4.21 Å². The fraction of sp³-hybridized carbons (Fsp3) is 0.600. The molecule has 2 atom stereocenters. The Labute approximate surface area is 129 Å². The summed E-state index contributed by atoms with van der Waals surface area (Å²) in [6.07, 6.45) is 8.70. The maximum Gasteiger partial charge on any atom is 0.122 e. The van der Waals surface area contributed by atoms with Gasteiger partial charge in [0.25, 0.3) is 0 Å². The Kier molecular flexibility index (Phi) is 5.66. The maximum atomic E-state index is 12.7. The van der Waals surface area contributed by atoms with Crippen LogP contribution in [0, 0.1) is 0 Å². The molecule has 2 heterocycles. The molecule has 1 saturated heterocycles. The molecule has 0 aromatic carbocycles. The van der Waals surface area contributed by atoms with Gasteiger partial charge in [0.2, 0.25) is 0 Å². The Bertz CT molecular complexity index is 478. The average molecular weight is 310 g/mol. The highest BCUT2D eigenvalue weighted by Gasteiger charge is 2.44. The number of pyridine rings is 1. The van der Waals surface area contributed by atoms with E-state index in [0.29, 0.717) is 0 Å². The average Bonchev–Trinajstić information content (AvgIpc) is 2.49. The van der Waals surface area contributed by atoms with E-state index in [1.54, 1.807) is 6.20 Å². The number of thiocarbonyl (C=S) groups is 1. The summed E-state index contributed by atoms with van der Waals surface area (Å²) in [4.78, 5) is 4.93. The number of nitrogens with one attached hydrogen (secondary N) is 1. The zero-order chi connectivity index (χ0) is 14.4. The molecule has 3 nitrogen and oxygen atoms in total. The van der Waals surface area contributed by atoms with Gasteiger partial charge in [0.05, 0.1) is 4.99 Å². The van der Waals surface area contributed by atoms with Crippen LogP contribution < -0.4 is 5.32 Å². The fourth-order valence-electron chi connectivity index (χ4n) is 2.64. The molecule has 0 unspecified atom stereocenters. The Morgan fingerprint density at radius 2 is 2.40 bits per heavy atom. The molecule has 1 aliphatic rings. The van der Waals surface area contributed by atoms with Crippen LogP contribution in [0.3, 0.4) is 0 Å². The number of rotatable bonds is 5. The van der Waals surface area contributed by atoms with Gasteiger partial charge in [-0.05, 0) is 30.9 Å². The van der Waals surface area contributed by atoms with E-state index in [0.717, 1.165) is 55.0 Å². The number of unbranched alkanes of at least 4 members (excludes halogenated alkanes) is 1. The van der Waals surface area contributed by atoms with E-state index in [1.807, 2.05) is 18.3 Å². The van der Waals surface area contributed by atoms with E-state index >= 15 is 0 Å². The molecule has 1 aromatic heterocycles. The lowest BCUT2D eigenvalue weighted by molar-refractivity contribution is 0.569. The van der Waals surface area contributed by atoms with Crippen molar-refractivity contribution in [2.75, 3.05) is 12.3 Å². The first-order valence-corrected chi connectivity index (χ1v) is 9.02. The van der Waals surface area contributed by atoms with E-state index in [4.69, 9.17) is 12.2 Å². The molecular formula is C15H22N2OS2. The second kappa shape index (κ2) is 7.27. The van der Waals surface area contributed by atoms with Gasteiger partial charge in [-0.15, -0.1) is 0 Å². The van der Waals surface area contributed by atoms with Crippen molar-refractivity contribution in [2.45, 2.75) is 43.8 Å². The van der Waals surface area contributed by atoms with Gasteiger partial charge in [0.15, 0.2) is 0 Å². The molecule has 0 saturated carbocycles. The Balaban J connectivity index is 2.29. The minimum Gasteiger partial charge on any atom is -0.378 e. The van der Waals surface area contributed by atoms with Gasteiger partial charge in [0, 0.05) is 35.5 Å². The summed E-state index contributed by atoms with van der Waals surface area (Å²) >= 11 is 5.63. The first-order valence-electron chi connectivity index (χ1n) is 7.29. The lowest BCUT2D eigenvalue weighted by Gasteiger charge is -2.37. The largest absolute Gasteiger partial charge is 0.378 e. The van der Waals surface area contributed by atoms with E-state index in [-0.39, 0.29) is 0 Å². The number of aromatic nitrogens is 1. The van der Waals surface area contributed by atoms with Crippen LogP contribution in [0.25, 0.3) is 0 Å². The third-order valence-corrected chi connectivity index (χ3v) is 6.51. The van der Waals surface area contributed by atoms with Crippen molar-refractivity contribution >= 4 is 28.0 Å². The first-order chi connectivity index (χ1) is 9.71. The molecular weight excluding hydrogens is 288 g/mol. The monoisotopic (exact) mass is 310 g/mol. The third-order valence-electron chi connectivity index (χ3n) is 3.81. The topological polar surface area (TPSA) is 42.0 Å². The highest BCUT2D eigenvalue weighted by Crippen LogP contribution is 2.38. The number of nitrogens with zero attached hydrogens (tertiary/aromatic N) is 1. The van der Waals surface area contributed by atoms with Gasteiger partial charge in [-0.2, -0.15) is 0 Å². The summed E-state index contributed by atoms with van der Waals surface area (Å²) in [6.45, 7) is 3.01. The number of hydrogen-bond acceptors (Lipinski definition) is 3. The molecule has 0 radical (unpaired) electrons. The summed E-state index contributed by atoms with van der Waals surface area (Å²) in [5, 5.41) is 3.33. The van der Waals surface area contributed by atoms with Crippen LogP contribution in [0.15, 0.2) is 24.5 Å². The standard InChI is InChI=1S/C15H22N2OS2/c1-2-3-10-17-14(19)15(8-4-5-11-20(15)18)13-7-6-9-16-12-13/h6-7,9,12H,2-5,8,10-11H2,1H3,(H,17,19)/t15-,20-/m1/s1. The normalized spacial score (nSPS) is 26.1. The van der Waals surface area contributed by atoms with Gasteiger partial charge in [-0.3, -0.25) is 9.19 Å². The number of hydrogen-bond donors (Lipinski definition) is 1. The second-order valence-electron chi connectivity index (χ2n) is 5.18. The molecule has 0 aliphatic carbocycles. The van der Waals surface area contributed by atoms with Gasteiger partial charge < -0.3 is 5.32 Å². The predicted octanol–water partition coefficient (Wildman–Crippen LogP) is 2.93. The van der Waals surface area contributed by atoms with E-state index in [2.05, 4.69) is 17.2 Å². The highest BCUT2D eigenvalue weighted by atomic mass is 32.2. The minimum absolute atomic E-state index is 0.532. The van der Waals surface area contributed by atoms with Gasteiger partial charge in [-0.25, -0.2) is 0 Å². The van der Waals surface area contributed by atoms with Gasteiger partial charge in [-0.1, -0.05) is 38.0 Å². The van der Waals surface area contributed by atoms with E-state index < -0.39 is 15.5 Å². The SMILES string of the molecule is CCCCNC(=S)[C@]1(c2cccnc2)CCCC[S@]1=O. The van der Waals surface area contributed by atoms with E-state index in [1.165, 1.54) is 0 Å². The van der Waals surface area contributed by atoms with Crippen molar-refractivity contribution in [3.63, 3.8) is 0 Å². The zero-order valence-electron chi connectivity index (χ0n) is 11.9. The molecule has 1 N–H and O–H groups in total. The van der Waals surface area contributed by atoms with Crippen molar-refractivity contribution in [3.8, 4) is 0 Å². The smallest absolute Gasteiger partial charge is 0.122 e. The molecule has 20 heavy (non-hydrogen) atoms. The zero-order valence-corrected chi connectivity index (χ0v) is 13.6. The summed E-state index contributed by atoms with van der Waals surface area (Å²) < 4.78 is 12.2. The summed E-state index contributed by atoms with van der Waals surface area (Å²) in [6, 6.07) is 3.90. The van der Waals surface area contributed by atoms with Crippen LogP contribution in [-0.4, -0.2) is 26.5 Å². The van der Waals surface area contributed by atoms with Crippen molar-refractivity contribution in [1.82, 2.24) is 10.3 Å². The summed E-state index contributed by atoms with van der Waals surface area (Å²) in [5.41, 5.74) is 0.993. The van der Waals surface area contributed by atoms with Crippen LogP contribution >= 0.6 is 12.2 Å². The fourth-order valence-corrected chi connectivity index (χ4v) is 5.09. The molecule has 2 rings (SSSR count). The molecule has 1 fully saturated rings. The van der Waals surface area contributed by atoms with Gasteiger partial charge in [0.1, 0.15) is 4.75 Å². The van der Waals surface area contributed by atoms with Crippen LogP contribution in [0.1, 0.15) is 44.6 Å². The molecule has 1 aromatic rings. The molecule has 0 bridgehead atoms. The second-order valence-corrected chi connectivity index (χ2v) is 7.39. The minimum atomic E-state index is -0.967. The van der Waals surface area contributed by atoms with Crippen LogP contribution in [0.4, 0.5) is 0 Å². The Hall–Kier alpha value is -0.810. The first kappa shape index (κ1) is 15.6. The summed E-state index contributed by atoms with van der Waals surface area (Å²) in [5.74, 6) is 0.727.